The molecule has 0 fully saturated rings. The van der Waals surface area contributed by atoms with E-state index >= 15 is 0 Å². The molecule has 7 nitrogen and oxygen atoms in total. The zero-order valence-electron chi connectivity index (χ0n) is 11.1. The number of benzene rings is 1. The monoisotopic (exact) mass is 307 g/mol. The van der Waals surface area contributed by atoms with Gasteiger partial charge in [0.25, 0.3) is 5.91 Å². The molecule has 0 radical (unpaired) electrons. The predicted molar refractivity (Wildman–Crippen MR) is 79.4 cm³/mol. The number of ether oxygens (including phenoxy) is 1. The Hall–Kier alpha value is -2.45. The molecule has 0 aliphatic carbocycles. The maximum atomic E-state index is 11.5. The van der Waals surface area contributed by atoms with Crippen LogP contribution < -0.4 is 11.1 Å². The molecule has 0 saturated carbocycles. The van der Waals surface area contributed by atoms with E-state index in [2.05, 4.69) is 10.3 Å². The van der Waals surface area contributed by atoms with Crippen molar-refractivity contribution in [3.05, 3.63) is 29.1 Å². The number of thiazole rings is 1. The predicted octanol–water partition coefficient (Wildman–Crippen LogP) is 1.68. The van der Waals surface area contributed by atoms with Crippen LogP contribution in [0.25, 0.3) is 11.3 Å². The summed E-state index contributed by atoms with van der Waals surface area (Å²) in [5.41, 5.74) is 7.04. The van der Waals surface area contributed by atoms with E-state index < -0.39 is 11.9 Å². The van der Waals surface area contributed by atoms with E-state index in [1.165, 1.54) is 7.11 Å². The van der Waals surface area contributed by atoms with Crippen LogP contribution >= 0.6 is 11.3 Å². The van der Waals surface area contributed by atoms with Crippen molar-refractivity contribution in [2.45, 2.75) is 0 Å². The number of carboxylic acids is 1. The molecule has 0 aliphatic rings. The third kappa shape index (κ3) is 3.56. The van der Waals surface area contributed by atoms with Crippen LogP contribution in [0, 0.1) is 0 Å². The van der Waals surface area contributed by atoms with Gasteiger partial charge in [-0.15, -0.1) is 0 Å². The second-order valence-corrected chi connectivity index (χ2v) is 5.11. The SMILES string of the molecule is COCC(=O)Nc1nc(-c2cccc(N)c2)c(C(=O)O)s1. The average Bonchev–Trinajstić information content (AvgIpc) is 2.83. The molecule has 0 saturated heterocycles. The van der Waals surface area contributed by atoms with Gasteiger partial charge >= 0.3 is 5.97 Å². The van der Waals surface area contributed by atoms with E-state index in [1.54, 1.807) is 24.3 Å². The summed E-state index contributed by atoms with van der Waals surface area (Å²) in [7, 11) is 1.39. The smallest absolute Gasteiger partial charge is 0.348 e. The van der Waals surface area contributed by atoms with Crippen molar-refractivity contribution < 1.29 is 19.4 Å². The molecule has 0 aliphatic heterocycles. The highest BCUT2D eigenvalue weighted by molar-refractivity contribution is 7.18. The molecule has 0 atom stereocenters. The van der Waals surface area contributed by atoms with E-state index in [1.807, 2.05) is 0 Å². The number of rotatable bonds is 5. The number of carbonyl (C=O) groups is 2. The second kappa shape index (κ2) is 6.33. The molecule has 110 valence electrons. The van der Waals surface area contributed by atoms with Crippen molar-refractivity contribution in [3.8, 4) is 11.3 Å². The normalized spacial score (nSPS) is 10.3. The minimum atomic E-state index is -1.11. The van der Waals surface area contributed by atoms with Crippen molar-refractivity contribution in [3.63, 3.8) is 0 Å². The minimum Gasteiger partial charge on any atom is -0.477 e. The molecule has 1 heterocycles. The number of aromatic carboxylic acids is 1. The molecule has 1 aromatic carbocycles. The molecular formula is C13H13N3O4S. The van der Waals surface area contributed by atoms with Gasteiger partial charge in [-0.1, -0.05) is 23.5 Å². The van der Waals surface area contributed by atoms with E-state index in [-0.39, 0.29) is 22.3 Å². The Morgan fingerprint density at radius 1 is 1.48 bits per heavy atom. The van der Waals surface area contributed by atoms with Crippen LogP contribution in [0.3, 0.4) is 0 Å². The molecule has 4 N–H and O–H groups in total. The lowest BCUT2D eigenvalue weighted by atomic mass is 10.1. The molecule has 8 heteroatoms. The van der Waals surface area contributed by atoms with Gasteiger partial charge < -0.3 is 15.6 Å². The standard InChI is InChI=1S/C13H13N3O4S/c1-20-6-9(17)15-13-16-10(11(21-13)12(18)19)7-3-2-4-8(14)5-7/h2-5H,6,14H2,1H3,(H,18,19)(H,15,16,17). The highest BCUT2D eigenvalue weighted by atomic mass is 32.1. The first-order valence-corrected chi connectivity index (χ1v) is 6.71. The summed E-state index contributed by atoms with van der Waals surface area (Å²) >= 11 is 0.884. The van der Waals surface area contributed by atoms with Gasteiger partial charge in [0.2, 0.25) is 0 Å². The summed E-state index contributed by atoms with van der Waals surface area (Å²) in [5, 5.41) is 11.9. The number of nitrogen functional groups attached to an aromatic ring is 1. The maximum Gasteiger partial charge on any atom is 0.348 e. The molecule has 0 unspecified atom stereocenters. The lowest BCUT2D eigenvalue weighted by molar-refractivity contribution is -0.119. The molecule has 2 aromatic rings. The molecule has 2 rings (SSSR count). The summed E-state index contributed by atoms with van der Waals surface area (Å²) in [6, 6.07) is 6.73. The second-order valence-electron chi connectivity index (χ2n) is 4.11. The van der Waals surface area contributed by atoms with Crippen LogP contribution in [0.5, 0.6) is 0 Å². The lowest BCUT2D eigenvalue weighted by Gasteiger charge is -2.00. The highest BCUT2D eigenvalue weighted by Gasteiger charge is 2.20. The van der Waals surface area contributed by atoms with E-state index in [4.69, 9.17) is 10.5 Å². The van der Waals surface area contributed by atoms with Crippen LogP contribution in [0.2, 0.25) is 0 Å². The number of amides is 1. The number of methoxy groups -OCH3 is 1. The number of anilines is 2. The summed E-state index contributed by atoms with van der Waals surface area (Å²) in [6.07, 6.45) is 0. The van der Waals surface area contributed by atoms with Crippen molar-refractivity contribution in [1.29, 1.82) is 0 Å². The zero-order chi connectivity index (χ0) is 15.4. The Kier molecular flexibility index (Phi) is 4.51. The van der Waals surface area contributed by atoms with Gasteiger partial charge in [-0.3, -0.25) is 10.1 Å². The van der Waals surface area contributed by atoms with Crippen LogP contribution in [0.1, 0.15) is 9.67 Å². The third-order valence-electron chi connectivity index (χ3n) is 2.50. The summed E-state index contributed by atoms with van der Waals surface area (Å²) in [4.78, 5) is 27.0. The van der Waals surface area contributed by atoms with Crippen molar-refractivity contribution in [1.82, 2.24) is 4.98 Å². The first kappa shape index (κ1) is 14.9. The topological polar surface area (TPSA) is 115 Å². The fraction of sp³-hybridized carbons (Fsp3) is 0.154. The fourth-order valence-electron chi connectivity index (χ4n) is 1.69. The number of nitrogens with two attached hydrogens (primary N) is 1. The lowest BCUT2D eigenvalue weighted by Crippen LogP contribution is -2.16. The molecule has 21 heavy (non-hydrogen) atoms. The van der Waals surface area contributed by atoms with Gasteiger partial charge in [0.05, 0.1) is 5.69 Å². The van der Waals surface area contributed by atoms with E-state index in [0.717, 1.165) is 11.3 Å². The van der Waals surface area contributed by atoms with Crippen LogP contribution in [-0.4, -0.2) is 35.7 Å². The number of nitrogens with zero attached hydrogens (tertiary/aromatic N) is 1. The van der Waals surface area contributed by atoms with Gasteiger partial charge in [0.1, 0.15) is 11.5 Å². The fourth-order valence-corrected chi connectivity index (χ4v) is 2.53. The Morgan fingerprint density at radius 3 is 2.86 bits per heavy atom. The molecule has 1 amide bonds. The quantitative estimate of drug-likeness (QED) is 0.724. The van der Waals surface area contributed by atoms with E-state index in [0.29, 0.717) is 11.3 Å². The number of hydrogen-bond acceptors (Lipinski definition) is 6. The summed E-state index contributed by atoms with van der Waals surface area (Å²) in [5.74, 6) is -1.51. The van der Waals surface area contributed by atoms with Crippen molar-refractivity contribution in [2.75, 3.05) is 24.8 Å². The Balaban J connectivity index is 2.38. The highest BCUT2D eigenvalue weighted by Crippen LogP contribution is 2.31. The van der Waals surface area contributed by atoms with Crippen molar-refractivity contribution >= 4 is 34.0 Å². The van der Waals surface area contributed by atoms with Gasteiger partial charge in [-0.25, -0.2) is 9.78 Å². The van der Waals surface area contributed by atoms with E-state index in [9.17, 15) is 14.7 Å². The molecule has 1 aromatic heterocycles. The Labute approximate surface area is 124 Å². The maximum absolute atomic E-state index is 11.5. The Bertz CT molecular complexity index is 684. The first-order chi connectivity index (χ1) is 10.0. The zero-order valence-corrected chi connectivity index (χ0v) is 11.9. The van der Waals surface area contributed by atoms with Gasteiger partial charge in [0.15, 0.2) is 5.13 Å². The number of aromatic nitrogens is 1. The number of carbonyl (C=O) groups excluding carboxylic acids is 1. The number of carboxylic acid groups (broad SMARTS) is 1. The molecular weight excluding hydrogens is 294 g/mol. The number of nitrogens with one attached hydrogen (secondary N) is 1. The van der Waals surface area contributed by atoms with Gasteiger partial charge in [0, 0.05) is 18.4 Å². The number of hydrogen-bond donors (Lipinski definition) is 3. The van der Waals surface area contributed by atoms with Gasteiger partial charge in [-0.2, -0.15) is 0 Å². The van der Waals surface area contributed by atoms with Crippen LogP contribution in [0.15, 0.2) is 24.3 Å². The Morgan fingerprint density at radius 2 is 2.24 bits per heavy atom. The van der Waals surface area contributed by atoms with Crippen molar-refractivity contribution in [2.24, 2.45) is 0 Å². The average molecular weight is 307 g/mol. The first-order valence-electron chi connectivity index (χ1n) is 5.90. The summed E-state index contributed by atoms with van der Waals surface area (Å²) in [6.45, 7) is -0.129. The third-order valence-corrected chi connectivity index (χ3v) is 3.46. The van der Waals surface area contributed by atoms with Crippen LogP contribution in [-0.2, 0) is 9.53 Å². The van der Waals surface area contributed by atoms with Gasteiger partial charge in [-0.05, 0) is 12.1 Å². The molecule has 0 bridgehead atoms. The largest absolute Gasteiger partial charge is 0.477 e. The molecule has 0 spiro atoms. The minimum absolute atomic E-state index is 0.0355. The summed E-state index contributed by atoms with van der Waals surface area (Å²) < 4.78 is 4.69. The van der Waals surface area contributed by atoms with Crippen LogP contribution in [0.4, 0.5) is 10.8 Å².